The fourth-order valence-corrected chi connectivity index (χ4v) is 4.19. The van der Waals surface area contributed by atoms with Gasteiger partial charge in [0.2, 0.25) is 5.91 Å². The van der Waals surface area contributed by atoms with Crippen molar-refractivity contribution in [3.63, 3.8) is 0 Å². The summed E-state index contributed by atoms with van der Waals surface area (Å²) in [5.41, 5.74) is 0.174. The van der Waals surface area contributed by atoms with Crippen LogP contribution >= 0.6 is 0 Å². The first-order chi connectivity index (χ1) is 12.0. The number of carboxylic acids is 1. The Hall–Kier alpha value is -2.31. The average Bonchev–Trinajstić information content (AvgIpc) is 3.17. The monoisotopic (exact) mass is 346 g/mol. The average molecular weight is 346 g/mol. The number of aliphatic carboxylic acids is 1. The van der Waals surface area contributed by atoms with Gasteiger partial charge in [-0.3, -0.25) is 9.59 Å². The van der Waals surface area contributed by atoms with Crippen LogP contribution < -0.4 is 0 Å². The number of rotatable bonds is 3. The maximum absolute atomic E-state index is 12.7. The highest BCUT2D eigenvalue weighted by Crippen LogP contribution is 2.44. The number of likely N-dealkylation sites (tertiary alicyclic amines) is 2. The molecule has 3 heterocycles. The zero-order valence-corrected chi connectivity index (χ0v) is 14.0. The second-order valence-corrected chi connectivity index (χ2v) is 7.60. The minimum Gasteiger partial charge on any atom is -0.480 e. The molecule has 2 amide bonds. The predicted molar refractivity (Wildman–Crippen MR) is 86.8 cm³/mol. The zero-order chi connectivity index (χ0) is 17.6. The largest absolute Gasteiger partial charge is 0.480 e. The topological polar surface area (TPSA) is 91.1 Å². The standard InChI is InChI=1S/C18H22N2O5/c21-15(12-1-2-12)19-6-4-18(5-7-19)9-14(17(23)24)20(11-18)16(22)13-3-8-25-10-13/h3,8,10,12,14H,1-2,4-7,9,11H2,(H,23,24)/t14-/m0/s1. The number of hydrogen-bond acceptors (Lipinski definition) is 4. The van der Waals surface area contributed by atoms with Gasteiger partial charge in [0.1, 0.15) is 12.3 Å². The molecule has 1 saturated carbocycles. The van der Waals surface area contributed by atoms with E-state index in [1.54, 1.807) is 6.07 Å². The van der Waals surface area contributed by atoms with Crippen molar-refractivity contribution < 1.29 is 23.9 Å². The van der Waals surface area contributed by atoms with Crippen LogP contribution in [0.1, 0.15) is 42.5 Å². The van der Waals surface area contributed by atoms with Gasteiger partial charge in [-0.2, -0.15) is 0 Å². The summed E-state index contributed by atoms with van der Waals surface area (Å²) in [5, 5.41) is 9.58. The number of carbonyl (C=O) groups is 3. The number of carbonyl (C=O) groups excluding carboxylic acids is 2. The highest BCUT2D eigenvalue weighted by molar-refractivity contribution is 5.96. The Labute approximate surface area is 145 Å². The normalized spacial score (nSPS) is 25.4. The van der Waals surface area contributed by atoms with Crippen molar-refractivity contribution in [1.82, 2.24) is 9.80 Å². The third kappa shape index (κ3) is 2.92. The first-order valence-corrected chi connectivity index (χ1v) is 8.84. The molecule has 0 unspecified atom stereocenters. The van der Waals surface area contributed by atoms with Gasteiger partial charge >= 0.3 is 5.97 Å². The van der Waals surface area contributed by atoms with Crippen molar-refractivity contribution in [2.24, 2.45) is 11.3 Å². The molecule has 1 aliphatic carbocycles. The smallest absolute Gasteiger partial charge is 0.326 e. The van der Waals surface area contributed by atoms with Gasteiger partial charge in [-0.15, -0.1) is 0 Å². The van der Waals surface area contributed by atoms with Gasteiger partial charge in [0.15, 0.2) is 0 Å². The van der Waals surface area contributed by atoms with E-state index in [2.05, 4.69) is 0 Å². The second-order valence-electron chi connectivity index (χ2n) is 7.60. The zero-order valence-electron chi connectivity index (χ0n) is 14.0. The van der Waals surface area contributed by atoms with E-state index in [0.29, 0.717) is 31.6 Å². The summed E-state index contributed by atoms with van der Waals surface area (Å²) in [6.07, 6.45) is 6.72. The molecule has 1 aromatic rings. The SMILES string of the molecule is O=C(O)[C@@H]1CC2(CCN(C(=O)C3CC3)CC2)CN1C(=O)c1ccoc1. The first kappa shape index (κ1) is 16.2. The summed E-state index contributed by atoms with van der Waals surface area (Å²) in [6.45, 7) is 1.75. The molecule has 2 aliphatic heterocycles. The number of piperidine rings is 1. The summed E-state index contributed by atoms with van der Waals surface area (Å²) in [5.74, 6) is -0.808. The summed E-state index contributed by atoms with van der Waals surface area (Å²) in [4.78, 5) is 40.0. The van der Waals surface area contributed by atoms with Crippen molar-refractivity contribution in [3.8, 4) is 0 Å². The number of furan rings is 1. The Morgan fingerprint density at radius 1 is 1.20 bits per heavy atom. The third-order valence-electron chi connectivity index (χ3n) is 5.88. The van der Waals surface area contributed by atoms with Crippen LogP contribution in [-0.2, 0) is 9.59 Å². The van der Waals surface area contributed by atoms with E-state index < -0.39 is 12.0 Å². The molecule has 3 fully saturated rings. The van der Waals surface area contributed by atoms with E-state index >= 15 is 0 Å². The van der Waals surface area contributed by atoms with Crippen LogP contribution in [0.5, 0.6) is 0 Å². The molecule has 0 aromatic carbocycles. The van der Waals surface area contributed by atoms with Crippen LogP contribution in [0.15, 0.2) is 23.0 Å². The summed E-state index contributed by atoms with van der Waals surface area (Å²) in [7, 11) is 0. The van der Waals surface area contributed by atoms with E-state index in [9.17, 15) is 19.5 Å². The summed E-state index contributed by atoms with van der Waals surface area (Å²) >= 11 is 0. The number of nitrogens with zero attached hydrogens (tertiary/aromatic N) is 2. The van der Waals surface area contributed by atoms with Gasteiger partial charge in [-0.1, -0.05) is 0 Å². The Bertz CT molecular complexity index is 686. The molecule has 1 aromatic heterocycles. The molecule has 2 saturated heterocycles. The van der Waals surface area contributed by atoms with E-state index in [0.717, 1.165) is 25.7 Å². The van der Waals surface area contributed by atoms with E-state index in [1.807, 2.05) is 4.90 Å². The molecule has 134 valence electrons. The molecule has 3 aliphatic rings. The molecule has 1 atom stereocenters. The van der Waals surface area contributed by atoms with E-state index in [4.69, 9.17) is 4.42 Å². The van der Waals surface area contributed by atoms with Gasteiger partial charge in [-0.05, 0) is 43.6 Å². The van der Waals surface area contributed by atoms with Gasteiger partial charge in [0.25, 0.3) is 5.91 Å². The van der Waals surface area contributed by atoms with Gasteiger partial charge in [-0.25, -0.2) is 4.79 Å². The van der Waals surface area contributed by atoms with E-state index in [1.165, 1.54) is 17.4 Å². The maximum Gasteiger partial charge on any atom is 0.326 e. The number of carboxylic acid groups (broad SMARTS) is 1. The molecule has 1 N–H and O–H groups in total. The molecule has 0 radical (unpaired) electrons. The highest BCUT2D eigenvalue weighted by Gasteiger charge is 2.50. The van der Waals surface area contributed by atoms with Crippen LogP contribution in [0.4, 0.5) is 0 Å². The third-order valence-corrected chi connectivity index (χ3v) is 5.88. The Morgan fingerprint density at radius 3 is 2.48 bits per heavy atom. The van der Waals surface area contributed by atoms with Crippen molar-refractivity contribution in [2.45, 2.75) is 38.1 Å². The van der Waals surface area contributed by atoms with Crippen LogP contribution in [-0.4, -0.2) is 58.4 Å². The van der Waals surface area contributed by atoms with Crippen molar-refractivity contribution >= 4 is 17.8 Å². The summed E-state index contributed by atoms with van der Waals surface area (Å²) < 4.78 is 4.96. The quantitative estimate of drug-likeness (QED) is 0.898. The van der Waals surface area contributed by atoms with Crippen molar-refractivity contribution in [1.29, 1.82) is 0 Å². The lowest BCUT2D eigenvalue weighted by Crippen LogP contribution is -2.45. The first-order valence-electron chi connectivity index (χ1n) is 8.84. The molecular formula is C18H22N2O5. The van der Waals surface area contributed by atoms with Gasteiger partial charge in [0, 0.05) is 25.6 Å². The lowest BCUT2D eigenvalue weighted by atomic mass is 9.76. The van der Waals surface area contributed by atoms with E-state index in [-0.39, 0.29) is 23.1 Å². The molecule has 7 nitrogen and oxygen atoms in total. The minimum atomic E-state index is -0.967. The molecule has 1 spiro atoms. The molecule has 7 heteroatoms. The van der Waals surface area contributed by atoms with Crippen LogP contribution in [0, 0.1) is 11.3 Å². The van der Waals surface area contributed by atoms with Gasteiger partial charge in [0.05, 0.1) is 11.8 Å². The maximum atomic E-state index is 12.7. The Balaban J connectivity index is 1.47. The summed E-state index contributed by atoms with van der Waals surface area (Å²) in [6, 6.07) is 0.747. The highest BCUT2D eigenvalue weighted by atomic mass is 16.4. The number of amides is 2. The van der Waals surface area contributed by atoms with Crippen molar-refractivity contribution in [3.05, 3.63) is 24.2 Å². The molecule has 0 bridgehead atoms. The Morgan fingerprint density at radius 2 is 1.92 bits per heavy atom. The van der Waals surface area contributed by atoms with Gasteiger partial charge < -0.3 is 19.3 Å². The minimum absolute atomic E-state index is 0.206. The van der Waals surface area contributed by atoms with Crippen molar-refractivity contribution in [2.75, 3.05) is 19.6 Å². The fraction of sp³-hybridized carbons (Fsp3) is 0.611. The van der Waals surface area contributed by atoms with Crippen LogP contribution in [0.2, 0.25) is 0 Å². The lowest BCUT2D eigenvalue weighted by molar-refractivity contribution is -0.141. The number of hydrogen-bond donors (Lipinski definition) is 1. The molecular weight excluding hydrogens is 324 g/mol. The molecule has 25 heavy (non-hydrogen) atoms. The lowest BCUT2D eigenvalue weighted by Gasteiger charge is -2.39. The van der Waals surface area contributed by atoms with Crippen LogP contribution in [0.3, 0.4) is 0 Å². The fourth-order valence-electron chi connectivity index (χ4n) is 4.19. The Kier molecular flexibility index (Phi) is 3.81. The predicted octanol–water partition coefficient (Wildman–Crippen LogP) is 1.60. The van der Waals surface area contributed by atoms with Crippen LogP contribution in [0.25, 0.3) is 0 Å². The second kappa shape index (κ2) is 5.89. The molecule has 4 rings (SSSR count).